The van der Waals surface area contributed by atoms with Gasteiger partial charge in [-0.2, -0.15) is 0 Å². The SMILES string of the molecule is O=C(C=Cc1ccccc1)Oc1cccc2cccc(-c3ccccc3-c3ccccc3)c12. The third kappa shape index (κ3) is 4.46. The van der Waals surface area contributed by atoms with E-state index in [4.69, 9.17) is 4.74 Å². The fourth-order valence-electron chi connectivity index (χ4n) is 4.07. The van der Waals surface area contributed by atoms with Crippen molar-refractivity contribution in [2.75, 3.05) is 0 Å². The van der Waals surface area contributed by atoms with Crippen LogP contribution in [0.25, 0.3) is 39.1 Å². The molecule has 0 atom stereocenters. The lowest BCUT2D eigenvalue weighted by Crippen LogP contribution is -2.04. The summed E-state index contributed by atoms with van der Waals surface area (Å²) in [7, 11) is 0. The highest BCUT2D eigenvalue weighted by Crippen LogP contribution is 2.39. The monoisotopic (exact) mass is 426 g/mol. The van der Waals surface area contributed by atoms with Crippen molar-refractivity contribution < 1.29 is 9.53 Å². The number of carbonyl (C=O) groups excluding carboxylic acids is 1. The van der Waals surface area contributed by atoms with E-state index < -0.39 is 5.97 Å². The smallest absolute Gasteiger partial charge is 0.336 e. The van der Waals surface area contributed by atoms with E-state index >= 15 is 0 Å². The molecule has 2 nitrogen and oxygen atoms in total. The van der Waals surface area contributed by atoms with Gasteiger partial charge < -0.3 is 4.74 Å². The summed E-state index contributed by atoms with van der Waals surface area (Å²) in [6.45, 7) is 0. The van der Waals surface area contributed by atoms with E-state index in [0.29, 0.717) is 5.75 Å². The van der Waals surface area contributed by atoms with Gasteiger partial charge >= 0.3 is 5.97 Å². The average molecular weight is 427 g/mol. The summed E-state index contributed by atoms with van der Waals surface area (Å²) in [5.74, 6) is 0.145. The number of esters is 1. The third-order valence-electron chi connectivity index (χ3n) is 5.59. The lowest BCUT2D eigenvalue weighted by atomic mass is 9.91. The van der Waals surface area contributed by atoms with Crippen LogP contribution in [0.5, 0.6) is 5.75 Å². The molecule has 0 saturated carbocycles. The molecule has 0 heterocycles. The number of fused-ring (bicyclic) bond motifs is 1. The van der Waals surface area contributed by atoms with Gasteiger partial charge in [0.15, 0.2) is 0 Å². The lowest BCUT2D eigenvalue weighted by Gasteiger charge is -2.15. The molecule has 0 amide bonds. The summed E-state index contributed by atoms with van der Waals surface area (Å²) < 4.78 is 5.83. The maximum absolute atomic E-state index is 12.7. The first-order chi connectivity index (χ1) is 16.3. The Kier molecular flexibility index (Phi) is 5.81. The van der Waals surface area contributed by atoms with Crippen molar-refractivity contribution in [3.8, 4) is 28.0 Å². The van der Waals surface area contributed by atoms with Gasteiger partial charge in [-0.1, -0.05) is 115 Å². The van der Waals surface area contributed by atoms with Gasteiger partial charge in [0, 0.05) is 11.5 Å². The molecule has 0 saturated heterocycles. The van der Waals surface area contributed by atoms with Crippen LogP contribution in [0.4, 0.5) is 0 Å². The van der Waals surface area contributed by atoms with Crippen molar-refractivity contribution >= 4 is 22.8 Å². The van der Waals surface area contributed by atoms with Crippen LogP contribution < -0.4 is 4.74 Å². The number of hydrogen-bond donors (Lipinski definition) is 0. The molecule has 0 radical (unpaired) electrons. The Bertz CT molecular complexity index is 1430. The molecule has 0 aliphatic rings. The van der Waals surface area contributed by atoms with E-state index in [-0.39, 0.29) is 0 Å². The van der Waals surface area contributed by atoms with Crippen molar-refractivity contribution in [1.82, 2.24) is 0 Å². The van der Waals surface area contributed by atoms with E-state index in [9.17, 15) is 4.79 Å². The molecule has 158 valence electrons. The molecule has 0 N–H and O–H groups in total. The number of hydrogen-bond acceptors (Lipinski definition) is 2. The first kappa shape index (κ1) is 20.5. The van der Waals surface area contributed by atoms with Crippen molar-refractivity contribution in [3.05, 3.63) is 133 Å². The first-order valence-electron chi connectivity index (χ1n) is 10.9. The number of benzene rings is 5. The van der Waals surface area contributed by atoms with Gasteiger partial charge in [0.1, 0.15) is 5.75 Å². The first-order valence-corrected chi connectivity index (χ1v) is 10.9. The van der Waals surface area contributed by atoms with E-state index in [1.165, 1.54) is 6.08 Å². The Morgan fingerprint density at radius 3 is 1.94 bits per heavy atom. The fourth-order valence-corrected chi connectivity index (χ4v) is 4.07. The second kappa shape index (κ2) is 9.37. The Balaban J connectivity index is 1.58. The molecular formula is C31H22O2. The van der Waals surface area contributed by atoms with E-state index in [2.05, 4.69) is 30.3 Å². The van der Waals surface area contributed by atoms with Gasteiger partial charge in [0.25, 0.3) is 0 Å². The molecule has 0 aromatic heterocycles. The highest BCUT2D eigenvalue weighted by Gasteiger charge is 2.14. The number of carbonyl (C=O) groups is 1. The standard InChI is InChI=1S/C31H22O2/c32-30(22-21-23-11-3-1-4-12-23)33-29-20-10-16-25-15-9-19-28(31(25)29)27-18-8-7-17-26(27)24-13-5-2-6-14-24/h1-22H. The minimum absolute atomic E-state index is 0.405. The maximum Gasteiger partial charge on any atom is 0.336 e. The maximum atomic E-state index is 12.7. The highest BCUT2D eigenvalue weighted by atomic mass is 16.5. The van der Waals surface area contributed by atoms with Crippen molar-refractivity contribution in [2.24, 2.45) is 0 Å². The van der Waals surface area contributed by atoms with Gasteiger partial charge in [0.05, 0.1) is 0 Å². The highest BCUT2D eigenvalue weighted by molar-refractivity contribution is 6.05. The van der Waals surface area contributed by atoms with Gasteiger partial charge in [-0.25, -0.2) is 4.79 Å². The molecule has 0 unspecified atom stereocenters. The van der Waals surface area contributed by atoms with Crippen LogP contribution in [-0.2, 0) is 4.79 Å². The average Bonchev–Trinajstić information content (AvgIpc) is 2.88. The van der Waals surface area contributed by atoms with Gasteiger partial charge in [-0.3, -0.25) is 0 Å². The largest absolute Gasteiger partial charge is 0.423 e. The van der Waals surface area contributed by atoms with Gasteiger partial charge in [-0.05, 0) is 45.3 Å². The van der Waals surface area contributed by atoms with E-state index in [0.717, 1.165) is 38.6 Å². The van der Waals surface area contributed by atoms with Crippen LogP contribution in [0, 0.1) is 0 Å². The zero-order valence-electron chi connectivity index (χ0n) is 18.0. The molecule has 0 aliphatic carbocycles. The number of ether oxygens (including phenoxy) is 1. The summed E-state index contributed by atoms with van der Waals surface area (Å²) in [5.41, 5.74) is 5.35. The van der Waals surface area contributed by atoms with Crippen molar-refractivity contribution in [2.45, 2.75) is 0 Å². The molecule has 0 aliphatic heterocycles. The van der Waals surface area contributed by atoms with Gasteiger partial charge in [-0.15, -0.1) is 0 Å². The van der Waals surface area contributed by atoms with Crippen LogP contribution in [-0.4, -0.2) is 5.97 Å². The predicted molar refractivity (Wildman–Crippen MR) is 136 cm³/mol. The van der Waals surface area contributed by atoms with Crippen LogP contribution in [0.3, 0.4) is 0 Å². The fraction of sp³-hybridized carbons (Fsp3) is 0. The molecule has 5 rings (SSSR count). The molecule has 0 spiro atoms. The summed E-state index contributed by atoms with van der Waals surface area (Å²) in [6.07, 6.45) is 3.23. The molecule has 0 bridgehead atoms. The lowest BCUT2D eigenvalue weighted by molar-refractivity contribution is -0.128. The molecule has 2 heteroatoms. The minimum atomic E-state index is -0.405. The van der Waals surface area contributed by atoms with Crippen LogP contribution in [0.2, 0.25) is 0 Å². The molecule has 0 fully saturated rings. The second-order valence-corrected chi connectivity index (χ2v) is 7.74. The Labute approximate surface area is 193 Å². The summed E-state index contributed by atoms with van der Waals surface area (Å²) in [4.78, 5) is 12.7. The van der Waals surface area contributed by atoms with E-state index in [1.54, 1.807) is 6.08 Å². The molecular weight excluding hydrogens is 404 g/mol. The Hall–Kier alpha value is -4.43. The zero-order valence-corrected chi connectivity index (χ0v) is 18.0. The summed E-state index contributed by atoms with van der Waals surface area (Å²) >= 11 is 0. The van der Waals surface area contributed by atoms with Crippen molar-refractivity contribution in [1.29, 1.82) is 0 Å². The van der Waals surface area contributed by atoms with Crippen LogP contribution in [0.1, 0.15) is 5.56 Å². The molecule has 5 aromatic rings. The Morgan fingerprint density at radius 2 is 1.18 bits per heavy atom. The quantitative estimate of drug-likeness (QED) is 0.163. The normalized spacial score (nSPS) is 11.0. The van der Waals surface area contributed by atoms with Gasteiger partial charge in [0.2, 0.25) is 0 Å². The summed E-state index contributed by atoms with van der Waals surface area (Å²) in [5, 5.41) is 1.94. The second-order valence-electron chi connectivity index (χ2n) is 7.74. The molecule has 5 aromatic carbocycles. The number of rotatable bonds is 5. The zero-order chi connectivity index (χ0) is 22.5. The predicted octanol–water partition coefficient (Wildman–Crippen LogP) is 7.79. The van der Waals surface area contributed by atoms with E-state index in [1.807, 2.05) is 91.0 Å². The summed E-state index contributed by atoms with van der Waals surface area (Å²) in [6, 6.07) is 40.3. The molecule has 33 heavy (non-hydrogen) atoms. The van der Waals surface area contributed by atoms with Crippen LogP contribution in [0.15, 0.2) is 127 Å². The topological polar surface area (TPSA) is 26.3 Å². The minimum Gasteiger partial charge on any atom is -0.423 e. The van der Waals surface area contributed by atoms with Crippen molar-refractivity contribution in [3.63, 3.8) is 0 Å². The third-order valence-corrected chi connectivity index (χ3v) is 5.59. The van der Waals surface area contributed by atoms with Crippen LogP contribution >= 0.6 is 0 Å². The Morgan fingerprint density at radius 1 is 0.576 bits per heavy atom.